The maximum Gasteiger partial charge on any atom is 0.264 e. The van der Waals surface area contributed by atoms with Gasteiger partial charge in [-0.2, -0.15) is 0 Å². The summed E-state index contributed by atoms with van der Waals surface area (Å²) >= 11 is 4.45. The first-order valence-corrected chi connectivity index (χ1v) is 8.77. The summed E-state index contributed by atoms with van der Waals surface area (Å²) in [6, 6.07) is 5.19. The molecule has 0 saturated carbocycles. The van der Waals surface area contributed by atoms with Crippen LogP contribution in [0.25, 0.3) is 0 Å². The molecule has 2 aromatic rings. The first-order valence-electron chi connectivity index (χ1n) is 5.68. The summed E-state index contributed by atoms with van der Waals surface area (Å²) in [5.74, 6) is 0. The molecule has 1 heterocycles. The Labute approximate surface area is 129 Å². The van der Waals surface area contributed by atoms with E-state index in [4.69, 9.17) is 0 Å². The van der Waals surface area contributed by atoms with Gasteiger partial charge < -0.3 is 5.32 Å². The highest BCUT2D eigenvalue weighted by atomic mass is 79.9. The molecule has 0 spiro atoms. The summed E-state index contributed by atoms with van der Waals surface area (Å²) in [4.78, 5) is 0.179. The Morgan fingerprint density at radius 2 is 2.10 bits per heavy atom. The summed E-state index contributed by atoms with van der Waals surface area (Å²) in [5, 5.41) is 11.5. The molecule has 0 aliphatic heterocycles. The lowest BCUT2D eigenvalue weighted by Gasteiger charge is -2.09. The number of hydrogen-bond donors (Lipinski definition) is 2. The van der Waals surface area contributed by atoms with E-state index in [-0.39, 0.29) is 10.0 Å². The van der Waals surface area contributed by atoms with Crippen molar-refractivity contribution in [2.75, 3.05) is 11.8 Å². The fourth-order valence-corrected chi connectivity index (χ4v) is 4.41. The fourth-order valence-electron chi connectivity index (χ4n) is 1.58. The topological polar surface area (TPSA) is 84.0 Å². The van der Waals surface area contributed by atoms with Crippen LogP contribution in [0.3, 0.4) is 0 Å². The summed E-state index contributed by atoms with van der Waals surface area (Å²) in [5.41, 5.74) is 0.879. The van der Waals surface area contributed by atoms with Gasteiger partial charge in [0.2, 0.25) is 5.13 Å². The van der Waals surface area contributed by atoms with Gasteiger partial charge in [-0.25, -0.2) is 8.42 Å². The maximum atomic E-state index is 12.4. The Balaban J connectivity index is 2.35. The highest BCUT2D eigenvalue weighted by molar-refractivity contribution is 9.10. The number of benzene rings is 1. The highest BCUT2D eigenvalue weighted by Gasteiger charge is 2.20. The molecule has 20 heavy (non-hydrogen) atoms. The van der Waals surface area contributed by atoms with E-state index in [0.29, 0.717) is 16.0 Å². The van der Waals surface area contributed by atoms with E-state index in [2.05, 4.69) is 36.2 Å². The van der Waals surface area contributed by atoms with Crippen molar-refractivity contribution in [2.45, 2.75) is 18.4 Å². The van der Waals surface area contributed by atoms with Crippen molar-refractivity contribution in [3.8, 4) is 0 Å². The second kappa shape index (κ2) is 6.17. The third-order valence-electron chi connectivity index (χ3n) is 2.41. The fraction of sp³-hybridized carbons (Fsp3) is 0.273. The van der Waals surface area contributed by atoms with Gasteiger partial charge in [-0.05, 0) is 47.6 Å². The number of rotatable bonds is 5. The zero-order valence-electron chi connectivity index (χ0n) is 10.8. The Morgan fingerprint density at radius 1 is 1.35 bits per heavy atom. The molecule has 108 valence electrons. The number of halogens is 1. The molecule has 0 amide bonds. The van der Waals surface area contributed by atoms with Gasteiger partial charge in [0.25, 0.3) is 10.0 Å². The van der Waals surface area contributed by atoms with Crippen molar-refractivity contribution in [3.05, 3.63) is 33.2 Å². The van der Waals surface area contributed by atoms with Crippen LogP contribution in [-0.4, -0.2) is 25.7 Å². The number of nitrogens with one attached hydrogen (secondary N) is 2. The average Bonchev–Trinajstić information content (AvgIpc) is 2.76. The van der Waals surface area contributed by atoms with Crippen molar-refractivity contribution in [3.63, 3.8) is 0 Å². The minimum atomic E-state index is -3.69. The molecule has 0 unspecified atom stereocenters. The third kappa shape index (κ3) is 3.54. The zero-order chi connectivity index (χ0) is 14.8. The molecule has 0 atom stereocenters. The standard InChI is InChI=1S/C11H13BrN4O2S2/c1-7-14-15-11(19-7)16-20(17,18)10-5-8(6-13-2)3-4-9(10)12/h3-5,13H,6H2,1-2H3,(H,15,16). The van der Waals surface area contributed by atoms with Crippen LogP contribution >= 0.6 is 27.3 Å². The number of hydrogen-bond acceptors (Lipinski definition) is 6. The quantitative estimate of drug-likeness (QED) is 0.834. The minimum Gasteiger partial charge on any atom is -0.316 e. The molecule has 6 nitrogen and oxygen atoms in total. The largest absolute Gasteiger partial charge is 0.316 e. The van der Waals surface area contributed by atoms with Crippen LogP contribution in [-0.2, 0) is 16.6 Å². The lowest BCUT2D eigenvalue weighted by atomic mass is 10.2. The van der Waals surface area contributed by atoms with Crippen molar-refractivity contribution in [2.24, 2.45) is 0 Å². The molecular weight excluding hydrogens is 364 g/mol. The van der Waals surface area contributed by atoms with Crippen LogP contribution < -0.4 is 10.0 Å². The smallest absolute Gasteiger partial charge is 0.264 e. The number of anilines is 1. The van der Waals surface area contributed by atoms with Crippen LogP contribution in [0.4, 0.5) is 5.13 Å². The Kier molecular flexibility index (Phi) is 4.74. The van der Waals surface area contributed by atoms with Gasteiger partial charge in [0.1, 0.15) is 9.90 Å². The van der Waals surface area contributed by atoms with Crippen LogP contribution in [0.15, 0.2) is 27.6 Å². The Hall–Kier alpha value is -1.03. The molecule has 0 fully saturated rings. The second-order valence-corrected chi connectivity index (χ2v) is 7.71. The molecule has 9 heteroatoms. The van der Waals surface area contributed by atoms with Gasteiger partial charge in [0.15, 0.2) is 0 Å². The SMILES string of the molecule is CNCc1ccc(Br)c(S(=O)(=O)Nc2nnc(C)s2)c1. The molecular formula is C11H13BrN4O2S2. The predicted molar refractivity (Wildman–Crippen MR) is 82.4 cm³/mol. The van der Waals surface area contributed by atoms with Gasteiger partial charge in [0, 0.05) is 11.0 Å². The van der Waals surface area contributed by atoms with E-state index in [0.717, 1.165) is 5.56 Å². The second-order valence-electron chi connectivity index (χ2n) is 4.03. The van der Waals surface area contributed by atoms with E-state index >= 15 is 0 Å². The molecule has 0 bridgehead atoms. The number of aryl methyl sites for hydroxylation is 1. The van der Waals surface area contributed by atoms with E-state index in [9.17, 15) is 8.42 Å². The van der Waals surface area contributed by atoms with Gasteiger partial charge in [-0.15, -0.1) is 10.2 Å². The van der Waals surface area contributed by atoms with Crippen molar-refractivity contribution < 1.29 is 8.42 Å². The molecule has 0 aliphatic carbocycles. The molecule has 2 N–H and O–H groups in total. The lowest BCUT2D eigenvalue weighted by Crippen LogP contribution is -2.14. The molecule has 0 saturated heterocycles. The monoisotopic (exact) mass is 376 g/mol. The zero-order valence-corrected chi connectivity index (χ0v) is 14.1. The number of sulfonamides is 1. The van der Waals surface area contributed by atoms with Crippen LogP contribution in [0.5, 0.6) is 0 Å². The Morgan fingerprint density at radius 3 is 2.70 bits per heavy atom. The molecule has 0 radical (unpaired) electrons. The molecule has 2 rings (SSSR count). The van der Waals surface area contributed by atoms with Crippen molar-refractivity contribution >= 4 is 42.4 Å². The normalized spacial score (nSPS) is 11.6. The van der Waals surface area contributed by atoms with Gasteiger partial charge in [-0.1, -0.05) is 17.4 Å². The van der Waals surface area contributed by atoms with E-state index in [1.54, 1.807) is 26.1 Å². The summed E-state index contributed by atoms with van der Waals surface area (Å²) in [6.07, 6.45) is 0. The summed E-state index contributed by atoms with van der Waals surface area (Å²) < 4.78 is 27.7. The van der Waals surface area contributed by atoms with Crippen LogP contribution in [0.1, 0.15) is 10.6 Å². The van der Waals surface area contributed by atoms with Gasteiger partial charge in [-0.3, -0.25) is 4.72 Å². The highest BCUT2D eigenvalue weighted by Crippen LogP contribution is 2.26. The Bertz CT molecular complexity index is 715. The van der Waals surface area contributed by atoms with E-state index < -0.39 is 10.0 Å². The molecule has 1 aromatic carbocycles. The molecule has 1 aromatic heterocycles. The summed E-state index contributed by atoms with van der Waals surface area (Å²) in [7, 11) is -1.88. The molecule has 0 aliphatic rings. The van der Waals surface area contributed by atoms with Crippen molar-refractivity contribution in [1.29, 1.82) is 0 Å². The predicted octanol–water partition coefficient (Wildman–Crippen LogP) is 2.13. The first-order chi connectivity index (χ1) is 9.42. The van der Waals surface area contributed by atoms with E-state index in [1.807, 2.05) is 6.07 Å². The summed E-state index contributed by atoms with van der Waals surface area (Å²) in [6.45, 7) is 2.35. The van der Waals surface area contributed by atoms with Crippen molar-refractivity contribution in [1.82, 2.24) is 15.5 Å². The average molecular weight is 377 g/mol. The minimum absolute atomic E-state index is 0.179. The van der Waals surface area contributed by atoms with Gasteiger partial charge >= 0.3 is 0 Å². The van der Waals surface area contributed by atoms with E-state index in [1.165, 1.54) is 11.3 Å². The number of nitrogens with zero attached hydrogens (tertiary/aromatic N) is 2. The lowest BCUT2D eigenvalue weighted by molar-refractivity contribution is 0.600. The van der Waals surface area contributed by atoms with Crippen LogP contribution in [0, 0.1) is 6.92 Å². The van der Waals surface area contributed by atoms with Crippen LogP contribution in [0.2, 0.25) is 0 Å². The third-order valence-corrected chi connectivity index (χ3v) is 5.63. The maximum absolute atomic E-state index is 12.4. The first kappa shape index (κ1) is 15.4. The van der Waals surface area contributed by atoms with Gasteiger partial charge in [0.05, 0.1) is 0 Å². The number of aromatic nitrogens is 2.